The van der Waals surface area contributed by atoms with Crippen molar-refractivity contribution in [2.75, 3.05) is 6.54 Å². The number of unbranched alkanes of at least 4 members (excludes halogenated alkanes) is 1. The van der Waals surface area contributed by atoms with Crippen LogP contribution in [0.4, 0.5) is 0 Å². The van der Waals surface area contributed by atoms with Crippen molar-refractivity contribution in [3.05, 3.63) is 0 Å². The molecule has 4 nitrogen and oxygen atoms in total. The van der Waals surface area contributed by atoms with Gasteiger partial charge in [0.25, 0.3) is 5.91 Å². The third-order valence-electron chi connectivity index (χ3n) is 3.46. The highest BCUT2D eigenvalue weighted by Gasteiger charge is 2.31. The number of hydrogen-bond donors (Lipinski definition) is 1. The maximum Gasteiger partial charge on any atom is 0.303 e. The van der Waals surface area contributed by atoms with E-state index in [1.165, 1.54) is 13.3 Å². The summed E-state index contributed by atoms with van der Waals surface area (Å²) in [6.45, 7) is 4.12. The van der Waals surface area contributed by atoms with Gasteiger partial charge in [-0.15, -0.1) is 0 Å². The first-order valence-corrected chi connectivity index (χ1v) is 7.10. The Labute approximate surface area is 109 Å². The van der Waals surface area contributed by atoms with Crippen molar-refractivity contribution in [2.45, 2.75) is 64.9 Å². The van der Waals surface area contributed by atoms with Crippen LogP contribution in [0, 0.1) is 5.92 Å². The molecule has 18 heavy (non-hydrogen) atoms. The van der Waals surface area contributed by atoms with E-state index in [-0.39, 0.29) is 17.8 Å². The van der Waals surface area contributed by atoms with E-state index in [9.17, 15) is 9.59 Å². The van der Waals surface area contributed by atoms with E-state index in [0.717, 1.165) is 38.5 Å². The van der Waals surface area contributed by atoms with E-state index in [1.807, 2.05) is 0 Å². The van der Waals surface area contributed by atoms with Crippen molar-refractivity contribution in [1.29, 1.82) is 0 Å². The summed E-state index contributed by atoms with van der Waals surface area (Å²) in [7, 11) is 0. The van der Waals surface area contributed by atoms with Gasteiger partial charge >= 0.3 is 5.97 Å². The predicted octanol–water partition coefficient (Wildman–Crippen LogP) is 2.41. The fraction of sp³-hybridized carbons (Fsp3) is 0.857. The van der Waals surface area contributed by atoms with Gasteiger partial charge in [-0.2, -0.15) is 0 Å². The fourth-order valence-corrected chi connectivity index (χ4v) is 2.47. The number of nitrogens with one attached hydrogen (secondary N) is 1. The zero-order valence-corrected chi connectivity index (χ0v) is 11.5. The molecule has 1 aliphatic carbocycles. The Hall–Kier alpha value is -1.06. The lowest BCUT2D eigenvalue weighted by molar-refractivity contribution is -0.158. The second-order valence-corrected chi connectivity index (χ2v) is 5.07. The molecule has 1 saturated carbocycles. The molecule has 0 radical (unpaired) electrons. The van der Waals surface area contributed by atoms with E-state index in [2.05, 4.69) is 12.2 Å². The van der Waals surface area contributed by atoms with Crippen molar-refractivity contribution < 1.29 is 14.3 Å². The van der Waals surface area contributed by atoms with Crippen LogP contribution in [-0.2, 0) is 14.3 Å². The van der Waals surface area contributed by atoms with Crippen LogP contribution in [0.3, 0.4) is 0 Å². The smallest absolute Gasteiger partial charge is 0.303 e. The summed E-state index contributed by atoms with van der Waals surface area (Å²) >= 11 is 0. The van der Waals surface area contributed by atoms with Gasteiger partial charge in [0.15, 0.2) is 6.10 Å². The van der Waals surface area contributed by atoms with Crippen molar-refractivity contribution in [3.8, 4) is 0 Å². The average molecular weight is 255 g/mol. The van der Waals surface area contributed by atoms with Gasteiger partial charge < -0.3 is 10.1 Å². The van der Waals surface area contributed by atoms with Crippen LogP contribution >= 0.6 is 0 Å². The summed E-state index contributed by atoms with van der Waals surface area (Å²) in [5.41, 5.74) is 0. The Bertz CT molecular complexity index is 272. The van der Waals surface area contributed by atoms with Crippen LogP contribution in [0.2, 0.25) is 0 Å². The van der Waals surface area contributed by atoms with Gasteiger partial charge in [0, 0.05) is 19.4 Å². The number of rotatable bonds is 6. The molecule has 0 aromatic carbocycles. The molecular weight excluding hydrogens is 230 g/mol. The Morgan fingerprint density at radius 1 is 1.28 bits per heavy atom. The molecule has 1 atom stereocenters. The molecule has 1 rings (SSSR count). The van der Waals surface area contributed by atoms with E-state index >= 15 is 0 Å². The molecule has 1 amide bonds. The van der Waals surface area contributed by atoms with Crippen LogP contribution < -0.4 is 5.32 Å². The van der Waals surface area contributed by atoms with Gasteiger partial charge in [-0.05, 0) is 19.3 Å². The van der Waals surface area contributed by atoms with Gasteiger partial charge in [-0.1, -0.05) is 32.6 Å². The molecule has 1 N–H and O–H groups in total. The molecular formula is C14H25NO3. The SMILES string of the molecule is CCCCNC(=O)C(OC(C)=O)C1CCCCC1. The van der Waals surface area contributed by atoms with Gasteiger partial charge in [-0.25, -0.2) is 0 Å². The van der Waals surface area contributed by atoms with Gasteiger partial charge in [0.05, 0.1) is 0 Å². The highest BCUT2D eigenvalue weighted by molar-refractivity contribution is 5.83. The number of amides is 1. The van der Waals surface area contributed by atoms with E-state index in [1.54, 1.807) is 0 Å². The molecule has 0 aromatic rings. The summed E-state index contributed by atoms with van der Waals surface area (Å²) < 4.78 is 5.23. The van der Waals surface area contributed by atoms with Crippen LogP contribution in [0.25, 0.3) is 0 Å². The Balaban J connectivity index is 2.52. The third-order valence-corrected chi connectivity index (χ3v) is 3.46. The number of hydrogen-bond acceptors (Lipinski definition) is 3. The van der Waals surface area contributed by atoms with E-state index in [0.29, 0.717) is 6.54 Å². The first kappa shape index (κ1) is 15.0. The third kappa shape index (κ3) is 5.07. The van der Waals surface area contributed by atoms with E-state index in [4.69, 9.17) is 4.74 Å². The maximum absolute atomic E-state index is 12.1. The summed E-state index contributed by atoms with van der Waals surface area (Å²) in [6, 6.07) is 0. The molecule has 4 heteroatoms. The van der Waals surface area contributed by atoms with Crippen LogP contribution in [0.15, 0.2) is 0 Å². The van der Waals surface area contributed by atoms with Crippen LogP contribution in [-0.4, -0.2) is 24.5 Å². The second-order valence-electron chi connectivity index (χ2n) is 5.07. The number of ether oxygens (including phenoxy) is 1. The number of carbonyl (C=O) groups excluding carboxylic acids is 2. The normalized spacial score (nSPS) is 18.1. The molecule has 1 unspecified atom stereocenters. The molecule has 0 aromatic heterocycles. The van der Waals surface area contributed by atoms with Crippen LogP contribution in [0.1, 0.15) is 58.8 Å². The van der Waals surface area contributed by atoms with Crippen molar-refractivity contribution in [3.63, 3.8) is 0 Å². The maximum atomic E-state index is 12.1. The minimum absolute atomic E-state index is 0.120. The van der Waals surface area contributed by atoms with Crippen molar-refractivity contribution in [2.24, 2.45) is 5.92 Å². The molecule has 104 valence electrons. The lowest BCUT2D eigenvalue weighted by Crippen LogP contribution is -2.43. The summed E-state index contributed by atoms with van der Waals surface area (Å²) in [6.07, 6.45) is 6.87. The highest BCUT2D eigenvalue weighted by Crippen LogP contribution is 2.28. The fourth-order valence-electron chi connectivity index (χ4n) is 2.47. The molecule has 0 heterocycles. The standard InChI is InChI=1S/C14H25NO3/c1-3-4-10-15-14(17)13(18-11(2)16)12-8-6-5-7-9-12/h12-13H,3-10H2,1-2H3,(H,15,17). The quantitative estimate of drug-likeness (QED) is 0.586. The second kappa shape index (κ2) is 8.11. The molecule has 0 spiro atoms. The number of esters is 1. The number of carbonyl (C=O) groups is 2. The Morgan fingerprint density at radius 2 is 1.94 bits per heavy atom. The van der Waals surface area contributed by atoms with Gasteiger partial charge in [0.2, 0.25) is 0 Å². The van der Waals surface area contributed by atoms with E-state index < -0.39 is 6.10 Å². The minimum Gasteiger partial charge on any atom is -0.452 e. The molecule has 0 saturated heterocycles. The lowest BCUT2D eigenvalue weighted by Gasteiger charge is -2.28. The van der Waals surface area contributed by atoms with Gasteiger partial charge in [-0.3, -0.25) is 9.59 Å². The average Bonchev–Trinajstić information content (AvgIpc) is 2.37. The molecule has 1 fully saturated rings. The summed E-state index contributed by atoms with van der Waals surface area (Å²) in [5, 5.41) is 2.87. The topological polar surface area (TPSA) is 55.4 Å². The Kier molecular flexibility index (Phi) is 6.76. The molecule has 0 bridgehead atoms. The zero-order valence-electron chi connectivity index (χ0n) is 11.5. The first-order chi connectivity index (χ1) is 8.65. The molecule has 0 aliphatic heterocycles. The predicted molar refractivity (Wildman–Crippen MR) is 70.0 cm³/mol. The van der Waals surface area contributed by atoms with Crippen molar-refractivity contribution >= 4 is 11.9 Å². The zero-order chi connectivity index (χ0) is 13.4. The monoisotopic (exact) mass is 255 g/mol. The van der Waals surface area contributed by atoms with Crippen LogP contribution in [0.5, 0.6) is 0 Å². The summed E-state index contributed by atoms with van der Waals surface area (Å²) in [5.74, 6) is -0.286. The Morgan fingerprint density at radius 3 is 2.50 bits per heavy atom. The lowest BCUT2D eigenvalue weighted by atomic mass is 9.85. The first-order valence-electron chi connectivity index (χ1n) is 7.10. The van der Waals surface area contributed by atoms with Crippen molar-refractivity contribution in [1.82, 2.24) is 5.32 Å². The summed E-state index contributed by atoms with van der Waals surface area (Å²) in [4.78, 5) is 23.2. The highest BCUT2D eigenvalue weighted by atomic mass is 16.5. The largest absolute Gasteiger partial charge is 0.452 e. The minimum atomic E-state index is -0.584. The van der Waals surface area contributed by atoms with Gasteiger partial charge in [0.1, 0.15) is 0 Å². The molecule has 1 aliphatic rings.